The average Bonchev–Trinajstić information content (AvgIpc) is 2.76. The van der Waals surface area contributed by atoms with Gasteiger partial charge in [-0.25, -0.2) is 0 Å². The second kappa shape index (κ2) is 4.83. The number of piperazine rings is 1. The van der Waals surface area contributed by atoms with Crippen molar-refractivity contribution in [3.63, 3.8) is 0 Å². The van der Waals surface area contributed by atoms with E-state index in [2.05, 4.69) is 17.4 Å². The summed E-state index contributed by atoms with van der Waals surface area (Å²) in [5.74, 6) is 0.0675. The van der Waals surface area contributed by atoms with Gasteiger partial charge in [0.1, 0.15) is 4.88 Å². The molecule has 100 valence electrons. The number of nitrogen functional groups attached to an aromatic ring is 1. The molecule has 0 spiro atoms. The maximum atomic E-state index is 12.5. The zero-order chi connectivity index (χ0) is 13.4. The van der Waals surface area contributed by atoms with Gasteiger partial charge < -0.3 is 16.0 Å². The molecule has 4 nitrogen and oxygen atoms in total. The Labute approximate surface area is 116 Å². The molecule has 0 saturated carbocycles. The minimum atomic E-state index is 0.0675. The number of benzene rings is 1. The standard InChI is InChI=1S/C14H17N3OS/c1-9-2-3-11-10(8-9)12(15)13(19-11)14(18)17-6-4-16-5-7-17/h2-3,8,16H,4-7,15H2,1H3. The van der Waals surface area contributed by atoms with Crippen molar-refractivity contribution in [3.8, 4) is 0 Å². The van der Waals surface area contributed by atoms with Crippen LogP contribution in [0.2, 0.25) is 0 Å². The fourth-order valence-electron chi connectivity index (χ4n) is 2.40. The summed E-state index contributed by atoms with van der Waals surface area (Å²) in [6, 6.07) is 6.15. The highest BCUT2D eigenvalue weighted by atomic mass is 32.1. The summed E-state index contributed by atoms with van der Waals surface area (Å²) in [6.45, 7) is 5.26. The van der Waals surface area contributed by atoms with Crippen molar-refractivity contribution in [2.45, 2.75) is 6.92 Å². The van der Waals surface area contributed by atoms with Crippen LogP contribution in [-0.4, -0.2) is 37.0 Å². The van der Waals surface area contributed by atoms with E-state index in [1.807, 2.05) is 17.9 Å². The van der Waals surface area contributed by atoms with Gasteiger partial charge in [0.15, 0.2) is 0 Å². The Morgan fingerprint density at radius 3 is 2.84 bits per heavy atom. The van der Waals surface area contributed by atoms with Crippen molar-refractivity contribution < 1.29 is 4.79 Å². The fourth-order valence-corrected chi connectivity index (χ4v) is 3.47. The molecule has 0 unspecified atom stereocenters. The lowest BCUT2D eigenvalue weighted by Crippen LogP contribution is -2.46. The average molecular weight is 275 g/mol. The molecule has 0 aliphatic carbocycles. The Morgan fingerprint density at radius 2 is 2.11 bits per heavy atom. The Kier molecular flexibility index (Phi) is 3.16. The lowest BCUT2D eigenvalue weighted by molar-refractivity contribution is 0.0741. The van der Waals surface area contributed by atoms with Crippen LogP contribution in [0.1, 0.15) is 15.2 Å². The summed E-state index contributed by atoms with van der Waals surface area (Å²) >= 11 is 1.50. The molecule has 1 aliphatic rings. The number of fused-ring (bicyclic) bond motifs is 1. The molecule has 1 amide bonds. The minimum Gasteiger partial charge on any atom is -0.397 e. The molecule has 3 rings (SSSR count). The van der Waals surface area contributed by atoms with Gasteiger partial charge in [0, 0.05) is 36.3 Å². The van der Waals surface area contributed by atoms with E-state index in [1.54, 1.807) is 0 Å². The monoisotopic (exact) mass is 275 g/mol. The molecule has 1 aromatic carbocycles. The number of anilines is 1. The second-order valence-electron chi connectivity index (χ2n) is 4.89. The van der Waals surface area contributed by atoms with Gasteiger partial charge in [0.2, 0.25) is 0 Å². The van der Waals surface area contributed by atoms with E-state index in [0.29, 0.717) is 10.6 Å². The van der Waals surface area contributed by atoms with E-state index in [9.17, 15) is 4.79 Å². The number of rotatable bonds is 1. The van der Waals surface area contributed by atoms with E-state index in [-0.39, 0.29) is 5.91 Å². The minimum absolute atomic E-state index is 0.0675. The van der Waals surface area contributed by atoms with Gasteiger partial charge in [-0.1, -0.05) is 11.6 Å². The first-order chi connectivity index (χ1) is 9.16. The quantitative estimate of drug-likeness (QED) is 0.835. The maximum absolute atomic E-state index is 12.5. The molecular formula is C14H17N3OS. The number of carbonyl (C=O) groups excluding carboxylic acids is 1. The Hall–Kier alpha value is -1.59. The number of thiophene rings is 1. The molecule has 1 saturated heterocycles. The molecule has 1 aromatic heterocycles. The summed E-state index contributed by atoms with van der Waals surface area (Å²) in [5, 5.41) is 4.25. The van der Waals surface area contributed by atoms with Crippen LogP contribution in [0.4, 0.5) is 5.69 Å². The van der Waals surface area contributed by atoms with Gasteiger partial charge >= 0.3 is 0 Å². The third kappa shape index (κ3) is 2.19. The topological polar surface area (TPSA) is 58.4 Å². The van der Waals surface area contributed by atoms with Crippen LogP contribution in [0.3, 0.4) is 0 Å². The smallest absolute Gasteiger partial charge is 0.266 e. The molecule has 5 heteroatoms. The molecule has 2 heterocycles. The number of hydrogen-bond acceptors (Lipinski definition) is 4. The molecule has 0 radical (unpaired) electrons. The third-order valence-electron chi connectivity index (χ3n) is 3.48. The van der Waals surface area contributed by atoms with Crippen LogP contribution in [0.25, 0.3) is 10.1 Å². The predicted octanol–water partition coefficient (Wildman–Crippen LogP) is 1.84. The van der Waals surface area contributed by atoms with Gasteiger partial charge in [-0.15, -0.1) is 11.3 Å². The fraction of sp³-hybridized carbons (Fsp3) is 0.357. The molecular weight excluding hydrogens is 258 g/mol. The molecule has 0 atom stereocenters. The van der Waals surface area contributed by atoms with Crippen molar-refractivity contribution in [2.75, 3.05) is 31.9 Å². The Balaban J connectivity index is 2.00. The van der Waals surface area contributed by atoms with E-state index in [4.69, 9.17) is 5.73 Å². The maximum Gasteiger partial charge on any atom is 0.266 e. The number of nitrogens with two attached hydrogens (primary N) is 1. The molecule has 3 N–H and O–H groups in total. The summed E-state index contributed by atoms with van der Waals surface area (Å²) in [4.78, 5) is 15.1. The van der Waals surface area contributed by atoms with E-state index in [0.717, 1.165) is 41.8 Å². The summed E-state index contributed by atoms with van der Waals surface area (Å²) in [6.07, 6.45) is 0. The summed E-state index contributed by atoms with van der Waals surface area (Å²) < 4.78 is 1.08. The lowest BCUT2D eigenvalue weighted by atomic mass is 10.1. The van der Waals surface area contributed by atoms with Crippen molar-refractivity contribution in [3.05, 3.63) is 28.6 Å². The number of amides is 1. The summed E-state index contributed by atoms with van der Waals surface area (Å²) in [7, 11) is 0. The zero-order valence-electron chi connectivity index (χ0n) is 10.9. The molecule has 0 bridgehead atoms. The van der Waals surface area contributed by atoms with E-state index >= 15 is 0 Å². The van der Waals surface area contributed by atoms with Gasteiger partial charge in [-0.05, 0) is 19.1 Å². The first-order valence-electron chi connectivity index (χ1n) is 6.45. The van der Waals surface area contributed by atoms with Crippen molar-refractivity contribution >= 4 is 33.0 Å². The third-order valence-corrected chi connectivity index (χ3v) is 4.65. The highest BCUT2D eigenvalue weighted by Gasteiger charge is 2.23. The van der Waals surface area contributed by atoms with Crippen molar-refractivity contribution in [2.24, 2.45) is 0 Å². The SMILES string of the molecule is Cc1ccc2sc(C(=O)N3CCNCC3)c(N)c2c1. The molecule has 1 fully saturated rings. The lowest BCUT2D eigenvalue weighted by Gasteiger charge is -2.27. The number of nitrogens with one attached hydrogen (secondary N) is 1. The molecule has 2 aromatic rings. The second-order valence-corrected chi connectivity index (χ2v) is 5.94. The zero-order valence-corrected chi connectivity index (χ0v) is 11.7. The van der Waals surface area contributed by atoms with Crippen LogP contribution in [0, 0.1) is 6.92 Å². The normalized spacial score (nSPS) is 15.9. The number of carbonyl (C=O) groups is 1. The number of nitrogens with zero attached hydrogens (tertiary/aromatic N) is 1. The van der Waals surface area contributed by atoms with Gasteiger partial charge in [0.25, 0.3) is 5.91 Å². The van der Waals surface area contributed by atoms with Crippen LogP contribution in [-0.2, 0) is 0 Å². The van der Waals surface area contributed by atoms with Crippen molar-refractivity contribution in [1.29, 1.82) is 0 Å². The highest BCUT2D eigenvalue weighted by Crippen LogP contribution is 2.35. The molecule has 1 aliphatic heterocycles. The van der Waals surface area contributed by atoms with Gasteiger partial charge in [-0.3, -0.25) is 4.79 Å². The first-order valence-corrected chi connectivity index (χ1v) is 7.27. The molecule has 19 heavy (non-hydrogen) atoms. The largest absolute Gasteiger partial charge is 0.397 e. The first kappa shape index (κ1) is 12.4. The van der Waals surface area contributed by atoms with Gasteiger partial charge in [-0.2, -0.15) is 0 Å². The van der Waals surface area contributed by atoms with Crippen molar-refractivity contribution in [1.82, 2.24) is 10.2 Å². The number of hydrogen-bond donors (Lipinski definition) is 2. The summed E-state index contributed by atoms with van der Waals surface area (Å²) in [5.41, 5.74) is 7.96. The predicted molar refractivity (Wildman–Crippen MR) is 79.7 cm³/mol. The Bertz CT molecular complexity index is 629. The van der Waals surface area contributed by atoms with Crippen LogP contribution in [0.15, 0.2) is 18.2 Å². The van der Waals surface area contributed by atoms with E-state index < -0.39 is 0 Å². The van der Waals surface area contributed by atoms with Crippen LogP contribution >= 0.6 is 11.3 Å². The van der Waals surface area contributed by atoms with E-state index in [1.165, 1.54) is 11.3 Å². The Morgan fingerprint density at radius 1 is 1.37 bits per heavy atom. The highest BCUT2D eigenvalue weighted by molar-refractivity contribution is 7.21. The van der Waals surface area contributed by atoms with Crippen LogP contribution < -0.4 is 11.1 Å². The number of aryl methyl sites for hydroxylation is 1. The van der Waals surface area contributed by atoms with Crippen LogP contribution in [0.5, 0.6) is 0 Å². The van der Waals surface area contributed by atoms with Gasteiger partial charge in [0.05, 0.1) is 5.69 Å².